The zero-order valence-corrected chi connectivity index (χ0v) is 8.60. The zero-order chi connectivity index (χ0) is 11.4. The number of aromatic nitrogens is 1. The number of carboxylic acids is 1. The summed E-state index contributed by atoms with van der Waals surface area (Å²) in [6.07, 6.45) is 0.893. The van der Waals surface area contributed by atoms with Gasteiger partial charge in [-0.1, -0.05) is 0 Å². The first-order chi connectivity index (χ1) is 6.99. The lowest BCUT2D eigenvalue weighted by molar-refractivity contribution is -0.138. The van der Waals surface area contributed by atoms with E-state index in [4.69, 9.17) is 16.6 Å². The average molecular weight is 209 g/mol. The molecule has 0 aliphatic rings. The Balaban J connectivity index is 2.61. The van der Waals surface area contributed by atoms with Crippen LogP contribution >= 0.6 is 0 Å². The van der Waals surface area contributed by atoms with Crippen LogP contribution in [0.1, 0.15) is 17.7 Å². The number of hydrogen-bond acceptors (Lipinski definition) is 4. The molecule has 5 heteroatoms. The number of anilines is 1. The Kier molecular flexibility index (Phi) is 3.62. The van der Waals surface area contributed by atoms with Gasteiger partial charge in [-0.3, -0.25) is 4.79 Å². The standard InChI is InChI=1S/C10H15N3O2/c1-6-4-7(13-9(12)5-6)2-3-8(11)10(14)15/h4-5,8H,2-3,11H2,1H3,(H2,12,13)(H,14,15). The fourth-order valence-corrected chi connectivity index (χ4v) is 1.32. The van der Waals surface area contributed by atoms with Crippen molar-refractivity contribution in [3.63, 3.8) is 0 Å². The van der Waals surface area contributed by atoms with Crippen molar-refractivity contribution in [1.82, 2.24) is 4.98 Å². The smallest absolute Gasteiger partial charge is 0.320 e. The van der Waals surface area contributed by atoms with Crippen LogP contribution in [0.4, 0.5) is 5.82 Å². The number of nitrogens with zero attached hydrogens (tertiary/aromatic N) is 1. The molecule has 0 radical (unpaired) electrons. The molecule has 15 heavy (non-hydrogen) atoms. The van der Waals surface area contributed by atoms with Gasteiger partial charge in [0, 0.05) is 5.69 Å². The molecule has 1 heterocycles. The van der Waals surface area contributed by atoms with E-state index in [0.29, 0.717) is 18.7 Å². The van der Waals surface area contributed by atoms with Crippen LogP contribution in [0.3, 0.4) is 0 Å². The normalized spacial score (nSPS) is 12.4. The number of nitrogens with two attached hydrogens (primary N) is 2. The summed E-state index contributed by atoms with van der Waals surface area (Å²) in [4.78, 5) is 14.6. The highest BCUT2D eigenvalue weighted by Gasteiger charge is 2.11. The number of carboxylic acid groups (broad SMARTS) is 1. The molecule has 5 nitrogen and oxygen atoms in total. The Morgan fingerprint density at radius 1 is 1.60 bits per heavy atom. The van der Waals surface area contributed by atoms with Crippen molar-refractivity contribution < 1.29 is 9.90 Å². The van der Waals surface area contributed by atoms with E-state index in [9.17, 15) is 4.79 Å². The lowest BCUT2D eigenvalue weighted by Gasteiger charge is -2.06. The maximum atomic E-state index is 10.5. The lowest BCUT2D eigenvalue weighted by Crippen LogP contribution is -2.30. The minimum absolute atomic E-state index is 0.366. The van der Waals surface area contributed by atoms with Crippen molar-refractivity contribution >= 4 is 11.8 Å². The molecular formula is C10H15N3O2. The molecule has 1 rings (SSSR count). The van der Waals surface area contributed by atoms with Gasteiger partial charge in [0.05, 0.1) is 0 Å². The van der Waals surface area contributed by atoms with Gasteiger partial charge in [0.15, 0.2) is 0 Å². The predicted molar refractivity (Wildman–Crippen MR) is 57.3 cm³/mol. The van der Waals surface area contributed by atoms with Crippen LogP contribution < -0.4 is 11.5 Å². The van der Waals surface area contributed by atoms with Crippen LogP contribution in [0.25, 0.3) is 0 Å². The van der Waals surface area contributed by atoms with E-state index in [1.54, 1.807) is 6.07 Å². The second kappa shape index (κ2) is 4.75. The molecule has 0 saturated carbocycles. The van der Waals surface area contributed by atoms with Gasteiger partial charge in [0.2, 0.25) is 0 Å². The number of aliphatic carboxylic acids is 1. The molecular weight excluding hydrogens is 194 g/mol. The second-order valence-corrected chi connectivity index (χ2v) is 3.54. The van der Waals surface area contributed by atoms with Crippen molar-refractivity contribution in [2.75, 3.05) is 5.73 Å². The number of pyridine rings is 1. The molecule has 1 unspecified atom stereocenters. The minimum Gasteiger partial charge on any atom is -0.480 e. The first-order valence-electron chi connectivity index (χ1n) is 4.70. The van der Waals surface area contributed by atoms with Gasteiger partial charge >= 0.3 is 5.97 Å². The molecule has 0 spiro atoms. The minimum atomic E-state index is -0.990. The van der Waals surface area contributed by atoms with Crippen LogP contribution in [0, 0.1) is 6.92 Å². The highest BCUT2D eigenvalue weighted by atomic mass is 16.4. The van der Waals surface area contributed by atoms with E-state index >= 15 is 0 Å². The summed E-state index contributed by atoms with van der Waals surface area (Å²) in [6.45, 7) is 1.92. The van der Waals surface area contributed by atoms with E-state index in [0.717, 1.165) is 11.3 Å². The molecule has 0 amide bonds. The van der Waals surface area contributed by atoms with Crippen molar-refractivity contribution in [2.24, 2.45) is 5.73 Å². The third-order valence-electron chi connectivity index (χ3n) is 2.07. The largest absolute Gasteiger partial charge is 0.480 e. The summed E-state index contributed by atoms with van der Waals surface area (Å²) in [5, 5.41) is 8.60. The van der Waals surface area contributed by atoms with Gasteiger partial charge in [-0.2, -0.15) is 0 Å². The number of hydrogen-bond donors (Lipinski definition) is 3. The summed E-state index contributed by atoms with van der Waals surface area (Å²) >= 11 is 0. The van der Waals surface area contributed by atoms with Gasteiger partial charge in [0.25, 0.3) is 0 Å². The second-order valence-electron chi connectivity index (χ2n) is 3.54. The van der Waals surface area contributed by atoms with Crippen LogP contribution in [0.2, 0.25) is 0 Å². The molecule has 5 N–H and O–H groups in total. The van der Waals surface area contributed by atoms with Crippen LogP contribution in [-0.2, 0) is 11.2 Å². The SMILES string of the molecule is Cc1cc(N)nc(CCC(N)C(=O)O)c1. The molecule has 0 bridgehead atoms. The van der Waals surface area contributed by atoms with Crippen LogP contribution in [0.15, 0.2) is 12.1 Å². The third-order valence-corrected chi connectivity index (χ3v) is 2.07. The van der Waals surface area contributed by atoms with Crippen molar-refractivity contribution in [2.45, 2.75) is 25.8 Å². The zero-order valence-electron chi connectivity index (χ0n) is 8.60. The lowest BCUT2D eigenvalue weighted by atomic mass is 10.1. The number of nitrogen functional groups attached to an aromatic ring is 1. The Bertz CT molecular complexity index is 345. The molecule has 0 fully saturated rings. The van der Waals surface area contributed by atoms with Crippen LogP contribution in [0.5, 0.6) is 0 Å². The Hall–Kier alpha value is -1.62. The summed E-state index contributed by atoms with van der Waals surface area (Å²) in [5.41, 5.74) is 12.7. The number of aryl methyl sites for hydroxylation is 2. The molecule has 0 aliphatic carbocycles. The number of rotatable bonds is 4. The summed E-state index contributed by atoms with van der Waals surface area (Å²) < 4.78 is 0. The maximum absolute atomic E-state index is 10.5. The molecule has 1 aromatic heterocycles. The third kappa shape index (κ3) is 3.55. The van der Waals surface area contributed by atoms with E-state index in [1.165, 1.54) is 0 Å². The number of carbonyl (C=O) groups is 1. The summed E-state index contributed by atoms with van der Waals surface area (Å²) in [6, 6.07) is 2.81. The summed E-state index contributed by atoms with van der Waals surface area (Å²) in [5.74, 6) is -0.537. The topological polar surface area (TPSA) is 102 Å². The maximum Gasteiger partial charge on any atom is 0.320 e. The van der Waals surface area contributed by atoms with E-state index in [-0.39, 0.29) is 0 Å². The van der Waals surface area contributed by atoms with Crippen molar-refractivity contribution in [3.8, 4) is 0 Å². The van der Waals surface area contributed by atoms with Gasteiger partial charge in [-0.15, -0.1) is 0 Å². The van der Waals surface area contributed by atoms with Crippen LogP contribution in [-0.4, -0.2) is 22.1 Å². The Morgan fingerprint density at radius 2 is 2.27 bits per heavy atom. The van der Waals surface area contributed by atoms with Crippen molar-refractivity contribution in [3.05, 3.63) is 23.4 Å². The first-order valence-corrected chi connectivity index (χ1v) is 4.70. The summed E-state index contributed by atoms with van der Waals surface area (Å²) in [7, 11) is 0. The Labute approximate surface area is 88.1 Å². The quantitative estimate of drug-likeness (QED) is 0.662. The van der Waals surface area contributed by atoms with Gasteiger partial charge < -0.3 is 16.6 Å². The molecule has 82 valence electrons. The van der Waals surface area contributed by atoms with E-state index < -0.39 is 12.0 Å². The Morgan fingerprint density at radius 3 is 2.80 bits per heavy atom. The van der Waals surface area contributed by atoms with Gasteiger partial charge in [-0.25, -0.2) is 4.98 Å². The molecule has 0 aliphatic heterocycles. The first kappa shape index (κ1) is 11.5. The van der Waals surface area contributed by atoms with E-state index in [2.05, 4.69) is 4.98 Å². The predicted octanol–water partition coefficient (Wildman–Crippen LogP) is 0.317. The van der Waals surface area contributed by atoms with Gasteiger partial charge in [-0.05, 0) is 37.5 Å². The molecule has 1 atom stereocenters. The fraction of sp³-hybridized carbons (Fsp3) is 0.400. The fourth-order valence-electron chi connectivity index (χ4n) is 1.32. The average Bonchev–Trinajstić information content (AvgIpc) is 2.12. The molecule has 0 saturated heterocycles. The van der Waals surface area contributed by atoms with E-state index in [1.807, 2.05) is 13.0 Å². The highest BCUT2D eigenvalue weighted by molar-refractivity contribution is 5.73. The molecule has 1 aromatic rings. The highest BCUT2D eigenvalue weighted by Crippen LogP contribution is 2.09. The molecule has 0 aromatic carbocycles. The van der Waals surface area contributed by atoms with Crippen molar-refractivity contribution in [1.29, 1.82) is 0 Å². The monoisotopic (exact) mass is 209 g/mol. The van der Waals surface area contributed by atoms with Gasteiger partial charge in [0.1, 0.15) is 11.9 Å².